The zero-order valence-electron chi connectivity index (χ0n) is 14.5. The van der Waals surface area contributed by atoms with Crippen molar-refractivity contribution >= 4 is 17.6 Å². The third-order valence-corrected chi connectivity index (χ3v) is 3.62. The molecule has 0 unspecified atom stereocenters. The summed E-state index contributed by atoms with van der Waals surface area (Å²) in [6, 6.07) is 16.8. The van der Waals surface area contributed by atoms with E-state index in [1.807, 2.05) is 61.5 Å². The first-order valence-electron chi connectivity index (χ1n) is 8.30. The molecule has 0 aliphatic carbocycles. The van der Waals surface area contributed by atoms with E-state index in [9.17, 15) is 9.59 Å². The molecule has 5 nitrogen and oxygen atoms in total. The lowest BCUT2D eigenvalue weighted by atomic mass is 10.2. The lowest BCUT2D eigenvalue weighted by Gasteiger charge is -2.14. The van der Waals surface area contributed by atoms with Gasteiger partial charge < -0.3 is 14.8 Å². The number of aryl methyl sites for hydroxylation is 1. The minimum absolute atomic E-state index is 0.203. The maximum atomic E-state index is 12.1. The van der Waals surface area contributed by atoms with Crippen LogP contribution in [0.2, 0.25) is 0 Å². The number of nitrogens with one attached hydrogen (secondary N) is 1. The minimum Gasteiger partial charge on any atom is -0.494 e. The summed E-state index contributed by atoms with van der Waals surface area (Å²) in [6.07, 6.45) is -0.114. The molecule has 2 aromatic rings. The van der Waals surface area contributed by atoms with Gasteiger partial charge in [0.25, 0.3) is 5.91 Å². The van der Waals surface area contributed by atoms with E-state index in [1.54, 1.807) is 6.92 Å². The molecule has 5 heteroatoms. The predicted octanol–water partition coefficient (Wildman–Crippen LogP) is 3.72. The van der Waals surface area contributed by atoms with Gasteiger partial charge in [0.1, 0.15) is 5.75 Å². The van der Waals surface area contributed by atoms with E-state index in [2.05, 4.69) is 5.32 Å². The lowest BCUT2D eigenvalue weighted by Crippen LogP contribution is -2.30. The average Bonchev–Trinajstić information content (AvgIpc) is 2.61. The molecule has 1 N–H and O–H groups in total. The van der Waals surface area contributed by atoms with Crippen LogP contribution in [0.4, 0.5) is 5.69 Å². The van der Waals surface area contributed by atoms with Crippen molar-refractivity contribution in [2.75, 3.05) is 11.9 Å². The van der Waals surface area contributed by atoms with Gasteiger partial charge in [-0.05, 0) is 44.0 Å². The Balaban J connectivity index is 1.68. The van der Waals surface area contributed by atoms with Gasteiger partial charge in [-0.1, -0.05) is 36.4 Å². The van der Waals surface area contributed by atoms with E-state index < -0.39 is 12.1 Å². The quantitative estimate of drug-likeness (QED) is 0.587. The summed E-state index contributed by atoms with van der Waals surface area (Å²) in [7, 11) is 0. The summed E-state index contributed by atoms with van der Waals surface area (Å²) in [5.74, 6) is 0.00845. The standard InChI is InChI=1S/C20H23NO4/c1-15-9-6-7-12-18(15)21-20(23)16(2)25-19(22)13-8-14-24-17-10-4-3-5-11-17/h3-7,9-12,16H,8,13-14H2,1-2H3,(H,21,23)/t16-/m1/s1. The molecule has 2 aromatic carbocycles. The average molecular weight is 341 g/mol. The highest BCUT2D eigenvalue weighted by molar-refractivity contribution is 5.95. The highest BCUT2D eigenvalue weighted by Gasteiger charge is 2.18. The second-order valence-corrected chi connectivity index (χ2v) is 5.70. The number of hydrogen-bond donors (Lipinski definition) is 1. The van der Waals surface area contributed by atoms with Crippen molar-refractivity contribution < 1.29 is 19.1 Å². The van der Waals surface area contributed by atoms with Gasteiger partial charge >= 0.3 is 5.97 Å². The highest BCUT2D eigenvalue weighted by Crippen LogP contribution is 2.14. The van der Waals surface area contributed by atoms with Crippen LogP contribution in [0.5, 0.6) is 5.75 Å². The summed E-state index contributed by atoms with van der Waals surface area (Å²) in [4.78, 5) is 23.9. The lowest BCUT2D eigenvalue weighted by molar-refractivity contribution is -0.153. The van der Waals surface area contributed by atoms with E-state index in [-0.39, 0.29) is 12.3 Å². The molecule has 1 amide bonds. The fourth-order valence-electron chi connectivity index (χ4n) is 2.18. The number of ether oxygens (including phenoxy) is 2. The first-order chi connectivity index (χ1) is 12.1. The monoisotopic (exact) mass is 341 g/mol. The first kappa shape index (κ1) is 18.5. The van der Waals surface area contributed by atoms with Gasteiger partial charge in [0, 0.05) is 12.1 Å². The third kappa shape index (κ3) is 6.30. The second-order valence-electron chi connectivity index (χ2n) is 5.70. The summed E-state index contributed by atoms with van der Waals surface area (Å²) < 4.78 is 10.7. The number of amides is 1. The van der Waals surface area contributed by atoms with E-state index in [1.165, 1.54) is 0 Å². The molecule has 1 atom stereocenters. The van der Waals surface area contributed by atoms with Gasteiger partial charge in [0.05, 0.1) is 6.61 Å². The Morgan fingerprint density at radius 1 is 1.04 bits per heavy atom. The highest BCUT2D eigenvalue weighted by atomic mass is 16.5. The Morgan fingerprint density at radius 2 is 1.72 bits per heavy atom. The van der Waals surface area contributed by atoms with Crippen LogP contribution in [0.1, 0.15) is 25.3 Å². The van der Waals surface area contributed by atoms with Crippen molar-refractivity contribution in [2.24, 2.45) is 0 Å². The molecule has 0 spiro atoms. The number of rotatable bonds is 8. The van der Waals surface area contributed by atoms with Crippen molar-refractivity contribution in [1.29, 1.82) is 0 Å². The molecular formula is C20H23NO4. The van der Waals surface area contributed by atoms with Crippen LogP contribution in [-0.2, 0) is 14.3 Å². The largest absolute Gasteiger partial charge is 0.494 e. The maximum Gasteiger partial charge on any atom is 0.306 e. The molecule has 0 radical (unpaired) electrons. The Kier molecular flexibility index (Phi) is 7.01. The molecule has 2 rings (SSSR count). The zero-order chi connectivity index (χ0) is 18.1. The van der Waals surface area contributed by atoms with E-state index in [0.29, 0.717) is 18.7 Å². The van der Waals surface area contributed by atoms with E-state index in [4.69, 9.17) is 9.47 Å². The molecule has 0 saturated heterocycles. The van der Waals surface area contributed by atoms with E-state index >= 15 is 0 Å². The Morgan fingerprint density at radius 3 is 2.44 bits per heavy atom. The van der Waals surface area contributed by atoms with Crippen LogP contribution in [0, 0.1) is 6.92 Å². The van der Waals surface area contributed by atoms with Crippen LogP contribution < -0.4 is 10.1 Å². The number of para-hydroxylation sites is 2. The second kappa shape index (κ2) is 9.47. The molecule has 0 aliphatic rings. The molecule has 132 valence electrons. The summed E-state index contributed by atoms with van der Waals surface area (Å²) in [5, 5.41) is 2.76. The molecule has 0 saturated carbocycles. The van der Waals surface area contributed by atoms with Crippen LogP contribution in [0.25, 0.3) is 0 Å². The van der Waals surface area contributed by atoms with Crippen LogP contribution in [-0.4, -0.2) is 24.6 Å². The minimum atomic E-state index is -0.845. The van der Waals surface area contributed by atoms with E-state index in [0.717, 1.165) is 11.3 Å². The summed E-state index contributed by atoms with van der Waals surface area (Å²) >= 11 is 0. The molecule has 0 aromatic heterocycles. The van der Waals surface area contributed by atoms with Crippen molar-refractivity contribution in [3.05, 3.63) is 60.2 Å². The van der Waals surface area contributed by atoms with Gasteiger partial charge in [-0.15, -0.1) is 0 Å². The molecule has 0 bridgehead atoms. The van der Waals surface area contributed by atoms with Crippen LogP contribution >= 0.6 is 0 Å². The molecular weight excluding hydrogens is 318 g/mol. The SMILES string of the molecule is Cc1ccccc1NC(=O)[C@@H](C)OC(=O)CCCOc1ccccc1. The normalized spacial score (nSPS) is 11.4. The summed E-state index contributed by atoms with van der Waals surface area (Å²) in [6.45, 7) is 3.88. The number of benzene rings is 2. The first-order valence-corrected chi connectivity index (χ1v) is 8.30. The van der Waals surface area contributed by atoms with Crippen molar-refractivity contribution in [3.63, 3.8) is 0 Å². The summed E-state index contributed by atoms with van der Waals surface area (Å²) in [5.41, 5.74) is 1.67. The van der Waals surface area contributed by atoms with Crippen molar-refractivity contribution in [2.45, 2.75) is 32.8 Å². The van der Waals surface area contributed by atoms with Crippen LogP contribution in [0.3, 0.4) is 0 Å². The fourth-order valence-corrected chi connectivity index (χ4v) is 2.18. The van der Waals surface area contributed by atoms with Gasteiger partial charge in [0.15, 0.2) is 6.10 Å². The van der Waals surface area contributed by atoms with Crippen molar-refractivity contribution in [3.8, 4) is 5.75 Å². The van der Waals surface area contributed by atoms with Gasteiger partial charge in [-0.2, -0.15) is 0 Å². The molecule has 0 heterocycles. The third-order valence-electron chi connectivity index (χ3n) is 3.62. The zero-order valence-corrected chi connectivity index (χ0v) is 14.5. The number of carbonyl (C=O) groups is 2. The number of esters is 1. The van der Waals surface area contributed by atoms with Gasteiger partial charge in [0.2, 0.25) is 0 Å². The Labute approximate surface area is 148 Å². The Hall–Kier alpha value is -2.82. The topological polar surface area (TPSA) is 64.6 Å². The number of anilines is 1. The smallest absolute Gasteiger partial charge is 0.306 e. The van der Waals surface area contributed by atoms with Gasteiger partial charge in [-0.25, -0.2) is 0 Å². The fraction of sp³-hybridized carbons (Fsp3) is 0.300. The molecule has 0 fully saturated rings. The number of hydrogen-bond acceptors (Lipinski definition) is 4. The molecule has 25 heavy (non-hydrogen) atoms. The Bertz CT molecular complexity index is 700. The van der Waals surface area contributed by atoms with Crippen molar-refractivity contribution in [1.82, 2.24) is 0 Å². The van der Waals surface area contributed by atoms with Gasteiger partial charge in [-0.3, -0.25) is 9.59 Å². The maximum absolute atomic E-state index is 12.1. The molecule has 0 aliphatic heterocycles. The van der Waals surface area contributed by atoms with Crippen LogP contribution in [0.15, 0.2) is 54.6 Å². The number of carbonyl (C=O) groups excluding carboxylic acids is 2. The predicted molar refractivity (Wildman–Crippen MR) is 96.5 cm³/mol.